The van der Waals surface area contributed by atoms with E-state index in [0.717, 1.165) is 89.8 Å². The summed E-state index contributed by atoms with van der Waals surface area (Å²) in [6, 6.07) is 67.9. The van der Waals surface area contributed by atoms with Gasteiger partial charge in [0.15, 0.2) is 11.5 Å². The van der Waals surface area contributed by atoms with Gasteiger partial charge in [0.2, 0.25) is 0 Å². The quantitative estimate of drug-likeness (QED) is 0.176. The number of fused-ring (bicyclic) bond motifs is 5. The Kier molecular flexibility index (Phi) is 7.10. The van der Waals surface area contributed by atoms with Gasteiger partial charge in [-0.3, -0.25) is 0 Å². The van der Waals surface area contributed by atoms with Gasteiger partial charge < -0.3 is 19.0 Å². The van der Waals surface area contributed by atoms with E-state index in [1.165, 1.54) is 0 Å². The predicted molar refractivity (Wildman–Crippen MR) is 214 cm³/mol. The lowest BCUT2D eigenvalue weighted by molar-refractivity contribution is 0.477. The second-order valence-corrected chi connectivity index (χ2v) is 13.0. The normalized spacial score (nSPS) is 12.0. The Morgan fingerprint density at radius 1 is 0.365 bits per heavy atom. The molecule has 2 heterocycles. The average molecular weight is 669 g/mol. The van der Waals surface area contributed by atoms with Crippen LogP contribution in [0.2, 0.25) is 0 Å². The number of benzene rings is 8. The molecule has 0 saturated carbocycles. The third kappa shape index (κ3) is 5.17. The maximum absolute atomic E-state index is 6.49. The Morgan fingerprint density at radius 2 is 0.904 bits per heavy atom. The third-order valence-electron chi connectivity index (χ3n) is 9.85. The number of ether oxygens (including phenoxy) is 1. The summed E-state index contributed by atoms with van der Waals surface area (Å²) in [5, 5.41) is 2.27. The van der Waals surface area contributed by atoms with Gasteiger partial charge in [0.05, 0.1) is 11.4 Å². The van der Waals surface area contributed by atoms with E-state index >= 15 is 0 Å². The molecule has 0 aliphatic carbocycles. The van der Waals surface area contributed by atoms with Crippen molar-refractivity contribution in [3.63, 3.8) is 0 Å². The highest BCUT2D eigenvalue weighted by molar-refractivity contribution is 6.06. The first-order chi connectivity index (χ1) is 25.8. The van der Waals surface area contributed by atoms with Crippen molar-refractivity contribution in [1.29, 1.82) is 0 Å². The summed E-state index contributed by atoms with van der Waals surface area (Å²) in [6.45, 7) is 0. The van der Waals surface area contributed by atoms with E-state index in [9.17, 15) is 0 Å². The molecule has 0 amide bonds. The lowest BCUT2D eigenvalue weighted by Crippen LogP contribution is -2.15. The molecule has 0 unspecified atom stereocenters. The maximum Gasteiger partial charge on any atom is 0.152 e. The minimum atomic E-state index is 0.829. The monoisotopic (exact) mass is 668 g/mol. The van der Waals surface area contributed by atoms with Crippen LogP contribution in [0.1, 0.15) is 0 Å². The van der Waals surface area contributed by atoms with Gasteiger partial charge in [-0.2, -0.15) is 0 Å². The number of hydrogen-bond donors (Lipinski definition) is 0. The Hall–Kier alpha value is -7.04. The van der Waals surface area contributed by atoms with Crippen LogP contribution in [0.4, 0.5) is 34.1 Å². The SMILES string of the molecule is c1ccc(N(c2ccc(-c3ccc4c(c3)Oc3ccccc3N4c3ccccc3)cc2)c2ccc(-c3ccc4oc5ccccc5c4c3)cc2)cc1. The second-order valence-electron chi connectivity index (χ2n) is 13.0. The zero-order chi connectivity index (χ0) is 34.4. The molecule has 4 nitrogen and oxygen atoms in total. The predicted octanol–water partition coefficient (Wildman–Crippen LogP) is 14.0. The van der Waals surface area contributed by atoms with Crippen molar-refractivity contribution < 1.29 is 9.15 Å². The summed E-state index contributed by atoms with van der Waals surface area (Å²) in [5.41, 5.74) is 12.7. The van der Waals surface area contributed by atoms with Crippen LogP contribution in [0.25, 0.3) is 44.2 Å². The zero-order valence-electron chi connectivity index (χ0n) is 28.2. The van der Waals surface area contributed by atoms with Crippen LogP contribution >= 0.6 is 0 Å². The van der Waals surface area contributed by atoms with Gasteiger partial charge in [-0.15, -0.1) is 0 Å². The number of furan rings is 1. The maximum atomic E-state index is 6.49. The molecule has 0 saturated heterocycles. The molecule has 1 aliphatic rings. The van der Waals surface area contributed by atoms with Crippen LogP contribution in [-0.2, 0) is 0 Å². The molecule has 0 N–H and O–H groups in total. The molecule has 0 fully saturated rings. The van der Waals surface area contributed by atoms with Gasteiger partial charge in [-0.05, 0) is 113 Å². The number of para-hydroxylation sites is 5. The third-order valence-corrected chi connectivity index (χ3v) is 9.85. The van der Waals surface area contributed by atoms with Crippen molar-refractivity contribution >= 4 is 56.1 Å². The van der Waals surface area contributed by atoms with Crippen LogP contribution in [0.15, 0.2) is 199 Å². The van der Waals surface area contributed by atoms with Crippen LogP contribution in [0, 0.1) is 0 Å². The second kappa shape index (κ2) is 12.4. The highest BCUT2D eigenvalue weighted by Gasteiger charge is 2.26. The summed E-state index contributed by atoms with van der Waals surface area (Å²) in [6.07, 6.45) is 0. The zero-order valence-corrected chi connectivity index (χ0v) is 28.2. The van der Waals surface area contributed by atoms with Crippen molar-refractivity contribution in [3.8, 4) is 33.8 Å². The molecule has 8 aromatic carbocycles. The van der Waals surface area contributed by atoms with E-state index in [1.54, 1.807) is 0 Å². The van der Waals surface area contributed by atoms with Crippen molar-refractivity contribution in [3.05, 3.63) is 194 Å². The van der Waals surface area contributed by atoms with Gasteiger partial charge in [0, 0.05) is 33.5 Å². The molecule has 246 valence electrons. The summed E-state index contributed by atoms with van der Waals surface area (Å²) >= 11 is 0. The number of anilines is 6. The van der Waals surface area contributed by atoms with Gasteiger partial charge in [-0.1, -0.05) is 103 Å². The Morgan fingerprint density at radius 3 is 1.65 bits per heavy atom. The minimum Gasteiger partial charge on any atom is -0.456 e. The van der Waals surface area contributed by atoms with Crippen LogP contribution in [0.3, 0.4) is 0 Å². The standard InChI is InChI=1S/C48H32N2O2/c1-3-11-37(12-4-1)49(39-25-19-33(20-26-39)35-24-30-46-42(31-35)41-15-7-9-17-45(41)51-46)40-27-21-34(22-28-40)36-23-29-44-48(32-36)52-47-18-10-8-16-43(47)50(44)38-13-5-2-6-14-38/h1-32H. The average Bonchev–Trinajstić information content (AvgIpc) is 3.59. The molecule has 1 aliphatic heterocycles. The van der Waals surface area contributed by atoms with Crippen molar-refractivity contribution in [2.24, 2.45) is 0 Å². The number of rotatable bonds is 6. The lowest BCUT2D eigenvalue weighted by Gasteiger charge is -2.33. The molecular weight excluding hydrogens is 637 g/mol. The number of nitrogens with zero attached hydrogens (tertiary/aromatic N) is 2. The van der Waals surface area contributed by atoms with Crippen molar-refractivity contribution in [2.75, 3.05) is 9.80 Å². The van der Waals surface area contributed by atoms with E-state index in [2.05, 4.69) is 174 Å². The fraction of sp³-hybridized carbons (Fsp3) is 0. The van der Waals surface area contributed by atoms with E-state index < -0.39 is 0 Å². The van der Waals surface area contributed by atoms with E-state index in [-0.39, 0.29) is 0 Å². The molecule has 0 radical (unpaired) electrons. The van der Waals surface area contributed by atoms with E-state index in [1.807, 2.05) is 30.3 Å². The van der Waals surface area contributed by atoms with Gasteiger partial charge >= 0.3 is 0 Å². The molecule has 0 atom stereocenters. The molecular formula is C48H32N2O2. The van der Waals surface area contributed by atoms with E-state index in [0.29, 0.717) is 0 Å². The molecule has 0 spiro atoms. The van der Waals surface area contributed by atoms with Gasteiger partial charge in [-0.25, -0.2) is 0 Å². The Bertz CT molecular complexity index is 2700. The van der Waals surface area contributed by atoms with Gasteiger partial charge in [0.1, 0.15) is 11.2 Å². The summed E-state index contributed by atoms with van der Waals surface area (Å²) in [4.78, 5) is 4.56. The van der Waals surface area contributed by atoms with E-state index in [4.69, 9.17) is 9.15 Å². The largest absolute Gasteiger partial charge is 0.456 e. The van der Waals surface area contributed by atoms with Crippen LogP contribution < -0.4 is 14.5 Å². The molecule has 0 bridgehead atoms. The fourth-order valence-electron chi connectivity index (χ4n) is 7.33. The van der Waals surface area contributed by atoms with Crippen molar-refractivity contribution in [1.82, 2.24) is 0 Å². The Balaban J connectivity index is 0.977. The topological polar surface area (TPSA) is 28.9 Å². The molecule has 4 heteroatoms. The number of hydrogen-bond acceptors (Lipinski definition) is 4. The summed E-state index contributed by atoms with van der Waals surface area (Å²) in [7, 11) is 0. The lowest BCUT2D eigenvalue weighted by atomic mass is 10.0. The van der Waals surface area contributed by atoms with Crippen LogP contribution in [0.5, 0.6) is 11.5 Å². The highest BCUT2D eigenvalue weighted by Crippen LogP contribution is 2.51. The first kappa shape index (κ1) is 29.8. The first-order valence-electron chi connectivity index (χ1n) is 17.5. The summed E-state index contributed by atoms with van der Waals surface area (Å²) < 4.78 is 12.6. The molecule has 1 aromatic heterocycles. The first-order valence-corrected chi connectivity index (χ1v) is 17.5. The molecule has 10 rings (SSSR count). The van der Waals surface area contributed by atoms with Crippen LogP contribution in [-0.4, -0.2) is 0 Å². The van der Waals surface area contributed by atoms with Gasteiger partial charge in [0.25, 0.3) is 0 Å². The smallest absolute Gasteiger partial charge is 0.152 e. The molecule has 52 heavy (non-hydrogen) atoms. The van der Waals surface area contributed by atoms with Crippen molar-refractivity contribution in [2.45, 2.75) is 0 Å². The Labute approximate surface area is 302 Å². The fourth-order valence-corrected chi connectivity index (χ4v) is 7.33. The summed E-state index contributed by atoms with van der Waals surface area (Å²) in [5.74, 6) is 1.67. The highest BCUT2D eigenvalue weighted by atomic mass is 16.5. The molecule has 9 aromatic rings. The minimum absolute atomic E-state index is 0.829.